The van der Waals surface area contributed by atoms with Crippen LogP contribution in [0, 0.1) is 0 Å². The standard InChI is InChI=1S/C15H15ClN2OS/c1-18(10-13-6-7-14(16)20-13)15(19)8-5-11-3-2-4-12(17)9-11/h2-9H,10,17H2,1H3/b8-5+. The topological polar surface area (TPSA) is 46.3 Å². The van der Waals surface area contributed by atoms with E-state index in [1.54, 1.807) is 24.1 Å². The van der Waals surface area contributed by atoms with Gasteiger partial charge in [0.2, 0.25) is 5.91 Å². The predicted molar refractivity (Wildman–Crippen MR) is 85.7 cm³/mol. The van der Waals surface area contributed by atoms with Crippen molar-refractivity contribution < 1.29 is 4.79 Å². The number of likely N-dealkylation sites (N-methyl/N-ethyl adjacent to an activating group) is 1. The largest absolute Gasteiger partial charge is 0.399 e. The number of rotatable bonds is 4. The lowest BCUT2D eigenvalue weighted by Gasteiger charge is -2.13. The molecule has 2 N–H and O–H groups in total. The maximum absolute atomic E-state index is 12.0. The number of hydrogen-bond acceptors (Lipinski definition) is 3. The van der Waals surface area contributed by atoms with Crippen molar-refractivity contribution in [3.05, 3.63) is 57.3 Å². The van der Waals surface area contributed by atoms with Gasteiger partial charge < -0.3 is 10.6 Å². The molecule has 0 atom stereocenters. The summed E-state index contributed by atoms with van der Waals surface area (Å²) in [6.07, 6.45) is 3.31. The number of benzene rings is 1. The van der Waals surface area contributed by atoms with E-state index in [0.717, 1.165) is 14.8 Å². The maximum Gasteiger partial charge on any atom is 0.246 e. The van der Waals surface area contributed by atoms with Crippen molar-refractivity contribution >= 4 is 40.6 Å². The van der Waals surface area contributed by atoms with Crippen molar-refractivity contribution in [3.8, 4) is 0 Å². The third-order valence-electron chi connectivity index (χ3n) is 2.73. The molecule has 0 aliphatic heterocycles. The summed E-state index contributed by atoms with van der Waals surface area (Å²) in [6.45, 7) is 0.553. The smallest absolute Gasteiger partial charge is 0.246 e. The molecule has 1 aromatic heterocycles. The minimum Gasteiger partial charge on any atom is -0.399 e. The van der Waals surface area contributed by atoms with E-state index in [2.05, 4.69) is 0 Å². The number of nitrogens with zero attached hydrogens (tertiary/aromatic N) is 1. The molecule has 0 aliphatic carbocycles. The van der Waals surface area contributed by atoms with Crippen LogP contribution in [0.4, 0.5) is 5.69 Å². The normalized spacial score (nSPS) is 10.9. The minimum absolute atomic E-state index is 0.0584. The summed E-state index contributed by atoms with van der Waals surface area (Å²) in [4.78, 5) is 14.7. The second-order valence-electron chi connectivity index (χ2n) is 4.40. The summed E-state index contributed by atoms with van der Waals surface area (Å²) in [6, 6.07) is 11.2. The quantitative estimate of drug-likeness (QED) is 0.692. The molecule has 0 spiro atoms. The first kappa shape index (κ1) is 14.6. The van der Waals surface area contributed by atoms with E-state index >= 15 is 0 Å². The number of nitrogens with two attached hydrogens (primary N) is 1. The molecular formula is C15H15ClN2OS. The second-order valence-corrected chi connectivity index (χ2v) is 6.20. The molecule has 1 heterocycles. The third kappa shape index (κ3) is 4.11. The number of amides is 1. The summed E-state index contributed by atoms with van der Waals surface area (Å²) >= 11 is 7.35. The molecular weight excluding hydrogens is 292 g/mol. The molecule has 2 aromatic rings. The van der Waals surface area contributed by atoms with E-state index in [4.69, 9.17) is 17.3 Å². The van der Waals surface area contributed by atoms with E-state index in [1.807, 2.05) is 36.4 Å². The van der Waals surface area contributed by atoms with Crippen LogP contribution in [0.1, 0.15) is 10.4 Å². The van der Waals surface area contributed by atoms with Crippen molar-refractivity contribution in [1.82, 2.24) is 4.90 Å². The second kappa shape index (κ2) is 6.59. The summed E-state index contributed by atoms with van der Waals surface area (Å²) in [5.74, 6) is -0.0584. The van der Waals surface area contributed by atoms with Gasteiger partial charge in [0.05, 0.1) is 10.9 Å². The molecule has 0 aliphatic rings. The minimum atomic E-state index is -0.0584. The van der Waals surface area contributed by atoms with Gasteiger partial charge in [0.25, 0.3) is 0 Å². The number of anilines is 1. The molecule has 2 rings (SSSR count). The Bertz CT molecular complexity index is 636. The Morgan fingerprint density at radius 2 is 2.20 bits per heavy atom. The van der Waals surface area contributed by atoms with E-state index in [0.29, 0.717) is 12.2 Å². The van der Waals surface area contributed by atoms with Crippen molar-refractivity contribution in [2.75, 3.05) is 12.8 Å². The summed E-state index contributed by atoms with van der Waals surface area (Å²) in [5.41, 5.74) is 7.28. The lowest BCUT2D eigenvalue weighted by molar-refractivity contribution is -0.125. The highest BCUT2D eigenvalue weighted by Gasteiger charge is 2.07. The van der Waals surface area contributed by atoms with Gasteiger partial charge in [-0.1, -0.05) is 23.7 Å². The van der Waals surface area contributed by atoms with Crippen LogP contribution in [0.15, 0.2) is 42.5 Å². The van der Waals surface area contributed by atoms with Gasteiger partial charge >= 0.3 is 0 Å². The number of nitrogen functional groups attached to an aromatic ring is 1. The molecule has 104 valence electrons. The van der Waals surface area contributed by atoms with Crippen LogP contribution >= 0.6 is 22.9 Å². The summed E-state index contributed by atoms with van der Waals surface area (Å²) < 4.78 is 0.733. The molecule has 0 fully saturated rings. The Morgan fingerprint density at radius 1 is 1.40 bits per heavy atom. The number of thiophene rings is 1. The van der Waals surface area contributed by atoms with Gasteiger partial charge in [-0.2, -0.15) is 0 Å². The van der Waals surface area contributed by atoms with Gasteiger partial charge in [0.15, 0.2) is 0 Å². The van der Waals surface area contributed by atoms with Crippen LogP contribution in [0.25, 0.3) is 6.08 Å². The zero-order chi connectivity index (χ0) is 14.5. The number of carbonyl (C=O) groups excluding carboxylic acids is 1. The monoisotopic (exact) mass is 306 g/mol. The van der Waals surface area contributed by atoms with Gasteiger partial charge in [-0.3, -0.25) is 4.79 Å². The van der Waals surface area contributed by atoms with Crippen LogP contribution in [0.5, 0.6) is 0 Å². The van der Waals surface area contributed by atoms with Gasteiger partial charge in [-0.25, -0.2) is 0 Å². The van der Waals surface area contributed by atoms with E-state index in [-0.39, 0.29) is 5.91 Å². The van der Waals surface area contributed by atoms with Crippen LogP contribution in [-0.2, 0) is 11.3 Å². The molecule has 1 aromatic carbocycles. The zero-order valence-electron chi connectivity index (χ0n) is 11.0. The van der Waals surface area contributed by atoms with Crippen molar-refractivity contribution in [2.45, 2.75) is 6.54 Å². The molecule has 0 radical (unpaired) electrons. The SMILES string of the molecule is CN(Cc1ccc(Cl)s1)C(=O)/C=C/c1cccc(N)c1. The predicted octanol–water partition coefficient (Wildman–Crippen LogP) is 3.66. The van der Waals surface area contributed by atoms with Gasteiger partial charge in [0.1, 0.15) is 0 Å². The van der Waals surface area contributed by atoms with E-state index in [9.17, 15) is 4.79 Å². The molecule has 20 heavy (non-hydrogen) atoms. The lowest BCUT2D eigenvalue weighted by Crippen LogP contribution is -2.23. The number of carbonyl (C=O) groups is 1. The molecule has 0 saturated carbocycles. The Kier molecular flexibility index (Phi) is 4.82. The van der Waals surface area contributed by atoms with E-state index in [1.165, 1.54) is 11.3 Å². The number of halogens is 1. The maximum atomic E-state index is 12.0. The van der Waals surface area contributed by atoms with Crippen molar-refractivity contribution in [2.24, 2.45) is 0 Å². The Balaban J connectivity index is 1.97. The van der Waals surface area contributed by atoms with Crippen LogP contribution in [0.3, 0.4) is 0 Å². The Hall–Kier alpha value is -1.78. The van der Waals surface area contributed by atoms with Gasteiger partial charge in [-0.15, -0.1) is 11.3 Å². The molecule has 5 heteroatoms. The Morgan fingerprint density at radius 3 is 2.85 bits per heavy atom. The zero-order valence-corrected chi connectivity index (χ0v) is 12.6. The molecule has 1 amide bonds. The van der Waals surface area contributed by atoms with E-state index < -0.39 is 0 Å². The first-order valence-electron chi connectivity index (χ1n) is 6.07. The van der Waals surface area contributed by atoms with Crippen LogP contribution in [-0.4, -0.2) is 17.9 Å². The first-order valence-corrected chi connectivity index (χ1v) is 7.27. The van der Waals surface area contributed by atoms with Crippen LogP contribution < -0.4 is 5.73 Å². The molecule has 0 bridgehead atoms. The fourth-order valence-electron chi connectivity index (χ4n) is 1.71. The highest BCUT2D eigenvalue weighted by atomic mass is 35.5. The molecule has 0 unspecified atom stereocenters. The van der Waals surface area contributed by atoms with Gasteiger partial charge in [-0.05, 0) is 35.9 Å². The fraction of sp³-hybridized carbons (Fsp3) is 0.133. The average Bonchev–Trinajstić information content (AvgIpc) is 2.81. The highest BCUT2D eigenvalue weighted by Crippen LogP contribution is 2.22. The average molecular weight is 307 g/mol. The molecule has 3 nitrogen and oxygen atoms in total. The highest BCUT2D eigenvalue weighted by molar-refractivity contribution is 7.16. The lowest BCUT2D eigenvalue weighted by atomic mass is 10.2. The van der Waals surface area contributed by atoms with Crippen molar-refractivity contribution in [3.63, 3.8) is 0 Å². The molecule has 0 saturated heterocycles. The first-order chi connectivity index (χ1) is 9.54. The van der Waals surface area contributed by atoms with Crippen molar-refractivity contribution in [1.29, 1.82) is 0 Å². The van der Waals surface area contributed by atoms with Gasteiger partial charge in [0, 0.05) is 23.7 Å². The summed E-state index contributed by atoms with van der Waals surface area (Å²) in [5, 5.41) is 0. The third-order valence-corrected chi connectivity index (χ3v) is 3.94. The summed E-state index contributed by atoms with van der Waals surface area (Å²) in [7, 11) is 1.76. The van der Waals surface area contributed by atoms with Crippen LogP contribution in [0.2, 0.25) is 4.34 Å². The fourth-order valence-corrected chi connectivity index (χ4v) is 2.85. The number of hydrogen-bond donors (Lipinski definition) is 1. The Labute approximate surface area is 127 Å².